The van der Waals surface area contributed by atoms with Gasteiger partial charge in [-0.2, -0.15) is 5.26 Å². The molecule has 1 aliphatic rings. The molecule has 102 valence electrons. The van der Waals surface area contributed by atoms with Crippen LogP contribution in [-0.2, 0) is 9.47 Å². The van der Waals surface area contributed by atoms with Crippen LogP contribution >= 0.6 is 0 Å². The number of nitrogens with zero attached hydrogens (tertiary/aromatic N) is 1. The van der Waals surface area contributed by atoms with Gasteiger partial charge in [0.05, 0.1) is 11.6 Å². The largest absolute Gasteiger partial charge is 0.444 e. The number of hydrogen-bond acceptors (Lipinski definition) is 5. The first-order valence-electron chi connectivity index (χ1n) is 5.96. The van der Waals surface area contributed by atoms with Crippen molar-refractivity contribution < 1.29 is 19.4 Å². The number of rotatable bonds is 2. The summed E-state index contributed by atoms with van der Waals surface area (Å²) in [4.78, 5) is 11.8. The standard InChI is InChI=1S/C12H20N2O4/c1-11(2,3)18-10(16)14-12(9(15)8-13)4-6-17-7-5-12/h9,15H,4-7H2,1-3H3,(H,14,16). The molecule has 0 aromatic rings. The van der Waals surface area contributed by atoms with Gasteiger partial charge in [0.2, 0.25) is 0 Å². The number of carbonyl (C=O) groups excluding carboxylic acids is 1. The maximum atomic E-state index is 11.8. The van der Waals surface area contributed by atoms with Gasteiger partial charge < -0.3 is 19.9 Å². The molecule has 6 heteroatoms. The summed E-state index contributed by atoms with van der Waals surface area (Å²) < 4.78 is 10.3. The van der Waals surface area contributed by atoms with E-state index in [1.165, 1.54) is 0 Å². The van der Waals surface area contributed by atoms with Crippen molar-refractivity contribution in [1.82, 2.24) is 5.32 Å². The second kappa shape index (κ2) is 5.55. The highest BCUT2D eigenvalue weighted by Crippen LogP contribution is 2.25. The van der Waals surface area contributed by atoms with Crippen molar-refractivity contribution in [2.24, 2.45) is 0 Å². The SMILES string of the molecule is CC(C)(C)OC(=O)NC1(C(O)C#N)CCOCC1. The second-order valence-corrected chi connectivity index (χ2v) is 5.43. The fourth-order valence-corrected chi connectivity index (χ4v) is 1.83. The van der Waals surface area contributed by atoms with Crippen LogP contribution in [0.1, 0.15) is 33.6 Å². The van der Waals surface area contributed by atoms with Gasteiger partial charge in [0.15, 0.2) is 6.10 Å². The second-order valence-electron chi connectivity index (χ2n) is 5.43. The summed E-state index contributed by atoms with van der Waals surface area (Å²) in [5.41, 5.74) is -1.59. The molecule has 0 radical (unpaired) electrons. The van der Waals surface area contributed by atoms with E-state index in [2.05, 4.69) is 5.32 Å². The zero-order valence-electron chi connectivity index (χ0n) is 11.0. The smallest absolute Gasteiger partial charge is 0.408 e. The van der Waals surface area contributed by atoms with Crippen molar-refractivity contribution in [3.05, 3.63) is 0 Å². The number of nitrogens with one attached hydrogen (secondary N) is 1. The van der Waals surface area contributed by atoms with Crippen LogP contribution in [0.25, 0.3) is 0 Å². The summed E-state index contributed by atoms with van der Waals surface area (Å²) in [7, 11) is 0. The topological polar surface area (TPSA) is 91.6 Å². The van der Waals surface area contributed by atoms with E-state index in [9.17, 15) is 9.90 Å². The van der Waals surface area contributed by atoms with Crippen LogP contribution in [0.3, 0.4) is 0 Å². The number of alkyl carbamates (subject to hydrolysis) is 1. The Morgan fingerprint density at radius 2 is 2.06 bits per heavy atom. The van der Waals surface area contributed by atoms with E-state index < -0.39 is 23.3 Å². The molecule has 2 N–H and O–H groups in total. The lowest BCUT2D eigenvalue weighted by atomic mass is 9.85. The Kier molecular flexibility index (Phi) is 4.54. The van der Waals surface area contributed by atoms with E-state index >= 15 is 0 Å². The molecule has 0 spiro atoms. The first-order valence-corrected chi connectivity index (χ1v) is 5.96. The van der Waals surface area contributed by atoms with Crippen LogP contribution in [0.15, 0.2) is 0 Å². The van der Waals surface area contributed by atoms with Crippen molar-refractivity contribution in [1.29, 1.82) is 5.26 Å². The van der Waals surface area contributed by atoms with Crippen LogP contribution < -0.4 is 5.32 Å². The molecule has 0 bridgehead atoms. The minimum atomic E-state index is -1.27. The third kappa shape index (κ3) is 3.86. The summed E-state index contributed by atoms with van der Waals surface area (Å²) in [6, 6.07) is 1.77. The van der Waals surface area contributed by atoms with Crippen molar-refractivity contribution >= 4 is 6.09 Å². The Bertz CT molecular complexity index is 337. The monoisotopic (exact) mass is 256 g/mol. The number of hydrogen-bond donors (Lipinski definition) is 2. The molecule has 0 aromatic heterocycles. The van der Waals surface area contributed by atoms with Gasteiger partial charge in [-0.15, -0.1) is 0 Å². The zero-order valence-corrected chi connectivity index (χ0v) is 11.0. The molecule has 1 rings (SSSR count). The number of aliphatic hydroxyl groups excluding tert-OH is 1. The van der Waals surface area contributed by atoms with E-state index in [0.717, 1.165) is 0 Å². The minimum Gasteiger partial charge on any atom is -0.444 e. The lowest BCUT2D eigenvalue weighted by Crippen LogP contribution is -2.59. The molecule has 1 aliphatic heterocycles. The Labute approximate surface area is 107 Å². The summed E-state index contributed by atoms with van der Waals surface area (Å²) >= 11 is 0. The van der Waals surface area contributed by atoms with Crippen molar-refractivity contribution in [2.75, 3.05) is 13.2 Å². The normalized spacial score (nSPS) is 20.6. The first kappa shape index (κ1) is 14.7. The van der Waals surface area contributed by atoms with Crippen molar-refractivity contribution in [2.45, 2.75) is 50.9 Å². The van der Waals surface area contributed by atoms with E-state index in [4.69, 9.17) is 14.7 Å². The van der Waals surface area contributed by atoms with Crippen LogP contribution in [0.2, 0.25) is 0 Å². The molecule has 1 amide bonds. The van der Waals surface area contributed by atoms with Crippen LogP contribution in [0.5, 0.6) is 0 Å². The van der Waals surface area contributed by atoms with Gasteiger partial charge >= 0.3 is 6.09 Å². The lowest BCUT2D eigenvalue weighted by molar-refractivity contribution is -0.0183. The third-order valence-electron chi connectivity index (χ3n) is 2.78. The highest BCUT2D eigenvalue weighted by atomic mass is 16.6. The minimum absolute atomic E-state index is 0.390. The molecule has 1 fully saturated rings. The zero-order chi connectivity index (χ0) is 13.8. The Morgan fingerprint density at radius 3 is 2.50 bits per heavy atom. The molecule has 1 atom stereocenters. The van der Waals surface area contributed by atoms with Gasteiger partial charge in [-0.05, 0) is 33.6 Å². The van der Waals surface area contributed by atoms with E-state index in [-0.39, 0.29) is 0 Å². The molecular formula is C12H20N2O4. The van der Waals surface area contributed by atoms with E-state index in [0.29, 0.717) is 26.1 Å². The molecule has 0 saturated carbocycles. The molecule has 0 aromatic carbocycles. The highest BCUT2D eigenvalue weighted by molar-refractivity contribution is 5.69. The van der Waals surface area contributed by atoms with Crippen molar-refractivity contribution in [3.8, 4) is 6.07 Å². The third-order valence-corrected chi connectivity index (χ3v) is 2.78. The summed E-state index contributed by atoms with van der Waals surface area (Å²) in [6.45, 7) is 6.06. The first-order chi connectivity index (χ1) is 8.29. The van der Waals surface area contributed by atoms with Crippen LogP contribution in [-0.4, -0.2) is 41.7 Å². The Hall–Kier alpha value is -1.32. The maximum Gasteiger partial charge on any atom is 0.408 e. The summed E-state index contributed by atoms with van der Waals surface area (Å²) in [5, 5.41) is 21.3. The predicted molar refractivity (Wildman–Crippen MR) is 63.8 cm³/mol. The molecule has 1 heterocycles. The quantitative estimate of drug-likeness (QED) is 0.717. The molecule has 0 aliphatic carbocycles. The highest BCUT2D eigenvalue weighted by Gasteiger charge is 2.42. The van der Waals surface area contributed by atoms with Crippen LogP contribution in [0.4, 0.5) is 4.79 Å². The number of amides is 1. The van der Waals surface area contributed by atoms with Crippen molar-refractivity contribution in [3.63, 3.8) is 0 Å². The number of carbonyl (C=O) groups is 1. The molecule has 1 saturated heterocycles. The average Bonchev–Trinajstić information content (AvgIpc) is 2.26. The number of ether oxygens (including phenoxy) is 2. The molecule has 1 unspecified atom stereocenters. The fraction of sp³-hybridized carbons (Fsp3) is 0.833. The fourth-order valence-electron chi connectivity index (χ4n) is 1.83. The maximum absolute atomic E-state index is 11.8. The van der Waals surface area contributed by atoms with Gasteiger partial charge in [-0.25, -0.2) is 4.79 Å². The van der Waals surface area contributed by atoms with Gasteiger partial charge in [0.1, 0.15) is 5.60 Å². The molecule has 6 nitrogen and oxygen atoms in total. The van der Waals surface area contributed by atoms with E-state index in [1.54, 1.807) is 26.8 Å². The van der Waals surface area contributed by atoms with Crippen LogP contribution in [0, 0.1) is 11.3 Å². The number of nitriles is 1. The molecular weight excluding hydrogens is 236 g/mol. The molecule has 18 heavy (non-hydrogen) atoms. The predicted octanol–water partition coefficient (Wildman–Crippen LogP) is 0.945. The average molecular weight is 256 g/mol. The van der Waals surface area contributed by atoms with E-state index in [1.807, 2.05) is 0 Å². The van der Waals surface area contributed by atoms with Gasteiger partial charge in [0, 0.05) is 13.2 Å². The summed E-state index contributed by atoms with van der Waals surface area (Å²) in [5.74, 6) is 0. The van der Waals surface area contributed by atoms with Gasteiger partial charge in [0.25, 0.3) is 0 Å². The van der Waals surface area contributed by atoms with Gasteiger partial charge in [-0.3, -0.25) is 0 Å². The number of aliphatic hydroxyl groups is 1. The van der Waals surface area contributed by atoms with Gasteiger partial charge in [-0.1, -0.05) is 0 Å². The lowest BCUT2D eigenvalue weighted by Gasteiger charge is -2.39. The Morgan fingerprint density at radius 1 is 1.50 bits per heavy atom. The summed E-state index contributed by atoms with van der Waals surface area (Å²) in [6.07, 6.45) is -1.12. The Balaban J connectivity index is 2.74.